The van der Waals surface area contributed by atoms with Gasteiger partial charge in [-0.25, -0.2) is 4.98 Å². The lowest BCUT2D eigenvalue weighted by atomic mass is 10.1. The van der Waals surface area contributed by atoms with Crippen LogP contribution in [0, 0.1) is 0 Å². The summed E-state index contributed by atoms with van der Waals surface area (Å²) in [5.41, 5.74) is 3.95. The fourth-order valence-electron chi connectivity index (χ4n) is 2.77. The molecule has 0 radical (unpaired) electrons. The molecule has 1 aromatic carbocycles. The zero-order valence-corrected chi connectivity index (χ0v) is 11.7. The fourth-order valence-corrected chi connectivity index (χ4v) is 3.53. The highest BCUT2D eigenvalue weighted by molar-refractivity contribution is 7.13. The number of nitrogens with zero attached hydrogens (tertiary/aromatic N) is 4. The zero-order chi connectivity index (χ0) is 13.8. The molecule has 5 aromatic rings. The summed E-state index contributed by atoms with van der Waals surface area (Å²) in [5.74, 6) is 0. The summed E-state index contributed by atoms with van der Waals surface area (Å²) in [7, 11) is 0. The van der Waals surface area contributed by atoms with E-state index in [1.165, 1.54) is 15.8 Å². The van der Waals surface area contributed by atoms with Crippen LogP contribution in [0.1, 0.15) is 0 Å². The molecule has 0 fully saturated rings. The molecule has 0 bridgehead atoms. The second-order valence-corrected chi connectivity index (χ2v) is 5.79. The summed E-state index contributed by atoms with van der Waals surface area (Å²) in [4.78, 5) is 9.99. The lowest BCUT2D eigenvalue weighted by molar-refractivity contribution is -0.591. The van der Waals surface area contributed by atoms with Gasteiger partial charge in [-0.05, 0) is 17.5 Å². The van der Waals surface area contributed by atoms with Crippen LogP contribution in [-0.2, 0) is 0 Å². The number of thiophene rings is 1. The second-order valence-electron chi connectivity index (χ2n) is 4.85. The van der Waals surface area contributed by atoms with Crippen LogP contribution in [0.5, 0.6) is 0 Å². The highest BCUT2D eigenvalue weighted by Gasteiger charge is 2.19. The number of hydrogen-bond donors (Lipinski definition) is 1. The molecule has 21 heavy (non-hydrogen) atoms. The molecule has 0 unspecified atom stereocenters. The van der Waals surface area contributed by atoms with E-state index in [0.29, 0.717) is 0 Å². The third-order valence-electron chi connectivity index (χ3n) is 3.65. The van der Waals surface area contributed by atoms with Gasteiger partial charge in [-0.1, -0.05) is 22.8 Å². The average molecular weight is 292 g/mol. The van der Waals surface area contributed by atoms with Gasteiger partial charge in [0.15, 0.2) is 0 Å². The van der Waals surface area contributed by atoms with Crippen LogP contribution in [0.3, 0.4) is 0 Å². The predicted molar refractivity (Wildman–Crippen MR) is 81.3 cm³/mol. The van der Waals surface area contributed by atoms with Crippen molar-refractivity contribution in [2.45, 2.75) is 0 Å². The van der Waals surface area contributed by atoms with Gasteiger partial charge in [0, 0.05) is 15.8 Å². The van der Waals surface area contributed by atoms with Gasteiger partial charge in [0.05, 0.1) is 6.20 Å². The van der Waals surface area contributed by atoms with Gasteiger partial charge in [0.25, 0.3) is 5.65 Å². The zero-order valence-electron chi connectivity index (χ0n) is 10.9. The van der Waals surface area contributed by atoms with Crippen molar-refractivity contribution >= 4 is 33.5 Å². The topological polar surface area (TPSA) is 50.1 Å². The highest BCUT2D eigenvalue weighted by Crippen LogP contribution is 2.31. The third-order valence-corrected chi connectivity index (χ3v) is 4.55. The van der Waals surface area contributed by atoms with Crippen LogP contribution in [0.4, 0.5) is 0 Å². The Kier molecular flexibility index (Phi) is 2.04. The van der Waals surface area contributed by atoms with Gasteiger partial charge < -0.3 is 0 Å². The van der Waals surface area contributed by atoms with Crippen molar-refractivity contribution < 1.29 is 4.52 Å². The summed E-state index contributed by atoms with van der Waals surface area (Å²) >= 11 is 1.74. The SMILES string of the molecule is c1csc(-c2cccc3c[n+]4c5nccnc5[nH]n4c23)c1. The first-order valence-corrected chi connectivity index (χ1v) is 7.48. The lowest BCUT2D eigenvalue weighted by Gasteiger charge is -1.98. The Morgan fingerprint density at radius 1 is 1.10 bits per heavy atom. The molecule has 0 atom stereocenters. The summed E-state index contributed by atoms with van der Waals surface area (Å²) in [5, 5.41) is 6.58. The number of hydrogen-bond acceptors (Lipinski definition) is 3. The van der Waals surface area contributed by atoms with E-state index in [0.717, 1.165) is 16.8 Å². The number of para-hydroxylation sites is 1. The van der Waals surface area contributed by atoms with Crippen molar-refractivity contribution in [1.29, 1.82) is 0 Å². The van der Waals surface area contributed by atoms with E-state index in [1.807, 2.05) is 9.15 Å². The van der Waals surface area contributed by atoms with Crippen LogP contribution in [-0.4, -0.2) is 19.7 Å². The monoisotopic (exact) mass is 292 g/mol. The predicted octanol–water partition coefficient (Wildman–Crippen LogP) is 2.68. The quantitative estimate of drug-likeness (QED) is 0.483. The maximum atomic E-state index is 4.41. The third kappa shape index (κ3) is 1.42. The van der Waals surface area contributed by atoms with Crippen molar-refractivity contribution in [2.75, 3.05) is 0 Å². The molecule has 0 spiro atoms. The summed E-state index contributed by atoms with van der Waals surface area (Å²) in [6, 6.07) is 10.6. The first-order chi connectivity index (χ1) is 10.4. The number of fused-ring (bicyclic) bond motifs is 5. The van der Waals surface area contributed by atoms with E-state index in [2.05, 4.69) is 57.0 Å². The molecular weight excluding hydrogens is 282 g/mol. The van der Waals surface area contributed by atoms with Crippen LogP contribution in [0.2, 0.25) is 0 Å². The minimum atomic E-state index is 0.778. The van der Waals surface area contributed by atoms with E-state index < -0.39 is 0 Å². The van der Waals surface area contributed by atoms with Crippen LogP contribution >= 0.6 is 11.3 Å². The van der Waals surface area contributed by atoms with E-state index >= 15 is 0 Å². The van der Waals surface area contributed by atoms with Gasteiger partial charge in [-0.3, -0.25) is 0 Å². The molecule has 1 N–H and O–H groups in total. The van der Waals surface area contributed by atoms with E-state index in [-0.39, 0.29) is 0 Å². The number of H-pyrrole nitrogens is 1. The Morgan fingerprint density at radius 3 is 2.95 bits per heavy atom. The Hall–Kier alpha value is -2.73. The first kappa shape index (κ1) is 11.0. The van der Waals surface area contributed by atoms with Gasteiger partial charge in [-0.15, -0.1) is 20.8 Å². The maximum absolute atomic E-state index is 4.41. The molecule has 0 aliphatic carbocycles. The normalized spacial score (nSPS) is 11.8. The van der Waals surface area contributed by atoms with Gasteiger partial charge in [0.1, 0.15) is 17.9 Å². The van der Waals surface area contributed by atoms with E-state index in [9.17, 15) is 0 Å². The van der Waals surface area contributed by atoms with Crippen molar-refractivity contribution in [3.8, 4) is 10.4 Å². The molecule has 5 rings (SSSR count). The maximum Gasteiger partial charge on any atom is 0.346 e. The summed E-state index contributed by atoms with van der Waals surface area (Å²) in [6.07, 6.45) is 5.49. The molecule has 0 aliphatic heterocycles. The summed E-state index contributed by atoms with van der Waals surface area (Å²) in [6.45, 7) is 0. The van der Waals surface area contributed by atoms with Crippen molar-refractivity contribution in [3.05, 3.63) is 54.3 Å². The standard InChI is InChI=1S/C15H10N5S/c1-3-10-9-19-15-14(16-6-7-17-15)18-20(19)13(10)11(4-1)12-5-2-8-21-12/h1-9H,(H,16,18)/q+1. The lowest BCUT2D eigenvalue weighted by Crippen LogP contribution is -2.25. The number of aromatic amines is 1. The summed E-state index contributed by atoms with van der Waals surface area (Å²) < 4.78 is 4.01. The molecule has 4 heterocycles. The molecule has 0 saturated carbocycles. The Bertz CT molecular complexity index is 1090. The number of rotatable bonds is 1. The van der Waals surface area contributed by atoms with Gasteiger partial charge in [0.2, 0.25) is 0 Å². The largest absolute Gasteiger partial charge is 0.346 e. The van der Waals surface area contributed by atoms with Gasteiger partial charge >= 0.3 is 5.65 Å². The molecule has 100 valence electrons. The van der Waals surface area contributed by atoms with Crippen molar-refractivity contribution in [2.24, 2.45) is 0 Å². The minimum Gasteiger partial charge on any atom is -0.214 e. The molecule has 0 saturated heterocycles. The smallest absolute Gasteiger partial charge is 0.214 e. The first-order valence-electron chi connectivity index (χ1n) is 6.60. The van der Waals surface area contributed by atoms with Crippen LogP contribution in [0.15, 0.2) is 54.3 Å². The Morgan fingerprint density at radius 2 is 2.05 bits per heavy atom. The Balaban J connectivity index is 2.01. The molecule has 6 heteroatoms. The fraction of sp³-hybridized carbons (Fsp3) is 0. The number of benzene rings is 1. The molecule has 0 amide bonds. The average Bonchev–Trinajstić information content (AvgIpc) is 3.22. The Labute approximate surface area is 123 Å². The van der Waals surface area contributed by atoms with Crippen LogP contribution < -0.4 is 4.52 Å². The van der Waals surface area contributed by atoms with E-state index in [1.54, 1.807) is 23.7 Å². The molecular formula is C15H10N5S+. The van der Waals surface area contributed by atoms with Crippen molar-refractivity contribution in [3.63, 3.8) is 0 Å². The van der Waals surface area contributed by atoms with E-state index in [4.69, 9.17) is 0 Å². The molecule has 0 aliphatic rings. The number of nitrogens with one attached hydrogen (secondary N) is 1. The molecule has 4 aromatic heterocycles. The van der Waals surface area contributed by atoms with Crippen molar-refractivity contribution in [1.82, 2.24) is 19.7 Å². The minimum absolute atomic E-state index is 0.778. The highest BCUT2D eigenvalue weighted by atomic mass is 32.1. The van der Waals surface area contributed by atoms with Gasteiger partial charge in [-0.2, -0.15) is 5.10 Å². The van der Waals surface area contributed by atoms with Crippen LogP contribution in [0.25, 0.3) is 32.6 Å². The second kappa shape index (κ2) is 3.89. The number of aromatic nitrogens is 5. The molecule has 5 nitrogen and oxygen atoms in total.